The van der Waals surface area contributed by atoms with Crippen LogP contribution >= 0.6 is 0 Å². The molecule has 7 atom stereocenters. The smallest absolute Gasteiger partial charge is 0.394 e. The summed E-state index contributed by atoms with van der Waals surface area (Å²) in [5.74, 6) is -0.275. The Labute approximate surface area is 326 Å². The van der Waals surface area contributed by atoms with E-state index >= 15 is 0 Å². The maximum absolute atomic E-state index is 13.0. The summed E-state index contributed by atoms with van der Waals surface area (Å²) in [6.45, 7) is 3.30. The Hall–Kier alpha value is -1.68. The number of hydrogen-bond acceptors (Lipinski definition) is 10. The van der Waals surface area contributed by atoms with E-state index in [0.717, 1.165) is 64.2 Å². The molecule has 1 aliphatic heterocycles. The van der Waals surface area contributed by atoms with Gasteiger partial charge in [-0.05, 0) is 51.4 Å². The van der Waals surface area contributed by atoms with Gasteiger partial charge in [-0.25, -0.2) is 4.18 Å². The molecule has 1 aliphatic rings. The van der Waals surface area contributed by atoms with E-state index in [9.17, 15) is 33.6 Å². The molecule has 7 unspecified atom stereocenters. The van der Waals surface area contributed by atoms with Gasteiger partial charge in [0.1, 0.15) is 24.4 Å². The number of ether oxygens (including phenoxy) is 2. The monoisotopic (exact) mass is 790 g/mol. The molecule has 1 fully saturated rings. The Morgan fingerprint density at radius 2 is 1.24 bits per heavy atom. The predicted molar refractivity (Wildman–Crippen MR) is 213 cm³/mol. The molecule has 13 heteroatoms. The molecule has 0 aromatic carbocycles. The zero-order valence-corrected chi connectivity index (χ0v) is 34.1. The SMILES string of the molecule is CCCCC/C=C\C/C=C\CCCCCCCCCC(=O)NC(COC1OC(CO)C(O)C(OS(=O)(=O)O)C1O)C(O)/C=C/CCCCCCCCCC. The van der Waals surface area contributed by atoms with Gasteiger partial charge in [0.15, 0.2) is 6.29 Å². The van der Waals surface area contributed by atoms with E-state index in [1.165, 1.54) is 70.6 Å². The number of carbonyl (C=O) groups is 1. The molecule has 0 bridgehead atoms. The fourth-order valence-corrected chi connectivity index (χ4v) is 6.87. The summed E-state index contributed by atoms with van der Waals surface area (Å²) in [7, 11) is -5.08. The van der Waals surface area contributed by atoms with Crippen molar-refractivity contribution in [2.24, 2.45) is 0 Å². The molecule has 54 heavy (non-hydrogen) atoms. The molecular weight excluding hydrogens is 715 g/mol. The Morgan fingerprint density at radius 1 is 0.741 bits per heavy atom. The van der Waals surface area contributed by atoms with Crippen molar-refractivity contribution >= 4 is 16.3 Å². The standard InChI is InChI=1S/C41H75NO11S/c1-3-5-7-9-11-13-15-16-17-18-19-20-21-23-25-27-29-31-37(45)42-34(35(44)30-28-26-24-22-14-12-10-8-6-4-2)33-51-41-39(47)40(53-54(48,49)50)38(46)36(32-43)52-41/h11,13,16-17,28,30,34-36,38-41,43-44,46-47H,3-10,12,14-15,18-27,29,31-33H2,1-2H3,(H,42,45)(H,48,49,50)/b13-11-,17-16-,30-28+. The van der Waals surface area contributed by atoms with E-state index in [1.54, 1.807) is 6.08 Å². The van der Waals surface area contributed by atoms with Crippen LogP contribution in [0.3, 0.4) is 0 Å². The van der Waals surface area contributed by atoms with E-state index in [1.807, 2.05) is 6.08 Å². The lowest BCUT2D eigenvalue weighted by Gasteiger charge is -2.41. The summed E-state index contributed by atoms with van der Waals surface area (Å²) in [6.07, 6.45) is 27.6. The number of hydrogen-bond donors (Lipinski definition) is 6. The van der Waals surface area contributed by atoms with E-state index in [2.05, 4.69) is 47.7 Å². The summed E-state index contributed by atoms with van der Waals surface area (Å²) in [4.78, 5) is 13.0. The van der Waals surface area contributed by atoms with Crippen molar-refractivity contribution in [1.29, 1.82) is 0 Å². The summed E-state index contributed by atoms with van der Waals surface area (Å²) in [6, 6.07) is -0.945. The minimum atomic E-state index is -5.08. The molecule has 1 rings (SSSR count). The predicted octanol–water partition coefficient (Wildman–Crippen LogP) is 7.16. The minimum Gasteiger partial charge on any atom is -0.394 e. The third-order valence-electron chi connectivity index (χ3n) is 9.67. The van der Waals surface area contributed by atoms with Gasteiger partial charge < -0.3 is 35.2 Å². The molecule has 0 aromatic rings. The van der Waals surface area contributed by atoms with Gasteiger partial charge in [0.05, 0.1) is 25.4 Å². The summed E-state index contributed by atoms with van der Waals surface area (Å²) in [5, 5.41) is 44.5. The second kappa shape index (κ2) is 32.4. The van der Waals surface area contributed by atoms with Crippen molar-refractivity contribution < 1.29 is 51.8 Å². The molecule has 0 saturated carbocycles. The van der Waals surface area contributed by atoms with Gasteiger partial charge in [0, 0.05) is 6.42 Å². The maximum Gasteiger partial charge on any atom is 0.397 e. The average Bonchev–Trinajstić information content (AvgIpc) is 3.14. The van der Waals surface area contributed by atoms with E-state index in [4.69, 9.17) is 14.0 Å². The number of aliphatic hydroxyl groups is 4. The largest absolute Gasteiger partial charge is 0.397 e. The summed E-state index contributed by atoms with van der Waals surface area (Å²) >= 11 is 0. The van der Waals surface area contributed by atoms with Crippen molar-refractivity contribution in [2.75, 3.05) is 13.2 Å². The first kappa shape index (κ1) is 50.3. The lowest BCUT2D eigenvalue weighted by atomic mass is 9.99. The highest BCUT2D eigenvalue weighted by molar-refractivity contribution is 7.80. The average molecular weight is 790 g/mol. The first-order chi connectivity index (χ1) is 26.0. The van der Waals surface area contributed by atoms with Crippen LogP contribution in [0.25, 0.3) is 0 Å². The highest BCUT2D eigenvalue weighted by atomic mass is 32.3. The number of unbranched alkanes of at least 4 members (excludes halogenated alkanes) is 18. The number of allylic oxidation sites excluding steroid dienone is 5. The van der Waals surface area contributed by atoms with Crippen LogP contribution in [0.4, 0.5) is 0 Å². The molecular formula is C41H75NO11S. The van der Waals surface area contributed by atoms with Gasteiger partial charge in [0.25, 0.3) is 0 Å². The number of carbonyl (C=O) groups excluding carboxylic acids is 1. The number of amides is 1. The number of nitrogens with one attached hydrogen (secondary N) is 1. The molecule has 316 valence electrons. The molecule has 1 saturated heterocycles. The topological polar surface area (TPSA) is 192 Å². The molecule has 1 heterocycles. The Bertz CT molecular complexity index is 1120. The van der Waals surface area contributed by atoms with Crippen LogP contribution in [0.15, 0.2) is 36.5 Å². The van der Waals surface area contributed by atoms with E-state index in [-0.39, 0.29) is 18.9 Å². The van der Waals surface area contributed by atoms with Gasteiger partial charge in [-0.1, -0.05) is 140 Å². The first-order valence-electron chi connectivity index (χ1n) is 20.9. The molecule has 0 spiro atoms. The lowest BCUT2D eigenvalue weighted by molar-refractivity contribution is -0.298. The number of aliphatic hydroxyl groups excluding tert-OH is 4. The molecule has 0 aromatic heterocycles. The van der Waals surface area contributed by atoms with Crippen molar-refractivity contribution in [3.63, 3.8) is 0 Å². The van der Waals surface area contributed by atoms with Crippen LogP contribution < -0.4 is 5.32 Å². The van der Waals surface area contributed by atoms with Crippen LogP contribution in [0.2, 0.25) is 0 Å². The molecule has 0 aliphatic carbocycles. The van der Waals surface area contributed by atoms with Crippen LogP contribution in [-0.4, -0.2) is 95.4 Å². The van der Waals surface area contributed by atoms with Crippen molar-refractivity contribution in [3.8, 4) is 0 Å². The number of rotatable bonds is 34. The Morgan fingerprint density at radius 3 is 1.80 bits per heavy atom. The van der Waals surface area contributed by atoms with Gasteiger partial charge in [-0.2, -0.15) is 8.42 Å². The van der Waals surface area contributed by atoms with Gasteiger partial charge >= 0.3 is 10.4 Å². The van der Waals surface area contributed by atoms with Gasteiger partial charge in [0.2, 0.25) is 5.91 Å². The zero-order valence-electron chi connectivity index (χ0n) is 33.3. The third-order valence-corrected chi connectivity index (χ3v) is 10.1. The van der Waals surface area contributed by atoms with Crippen LogP contribution in [0, 0.1) is 0 Å². The Kier molecular flexibility index (Phi) is 30.2. The summed E-state index contributed by atoms with van der Waals surface area (Å²) < 4.78 is 47.4. The van der Waals surface area contributed by atoms with Gasteiger partial charge in [-0.15, -0.1) is 0 Å². The fourth-order valence-electron chi connectivity index (χ4n) is 6.36. The Balaban J connectivity index is 2.56. The van der Waals surface area contributed by atoms with Crippen LogP contribution in [-0.2, 0) is 28.9 Å². The van der Waals surface area contributed by atoms with Crippen molar-refractivity contribution in [1.82, 2.24) is 5.32 Å². The second-order valence-corrected chi connectivity index (χ2v) is 15.6. The van der Waals surface area contributed by atoms with Crippen molar-refractivity contribution in [3.05, 3.63) is 36.5 Å². The molecule has 0 radical (unpaired) electrons. The lowest BCUT2D eigenvalue weighted by Crippen LogP contribution is -2.61. The fraction of sp³-hybridized carbons (Fsp3) is 0.829. The highest BCUT2D eigenvalue weighted by Crippen LogP contribution is 2.26. The van der Waals surface area contributed by atoms with E-state index in [0.29, 0.717) is 6.42 Å². The van der Waals surface area contributed by atoms with E-state index < -0.39 is 59.9 Å². The second-order valence-electron chi connectivity index (χ2n) is 14.6. The summed E-state index contributed by atoms with van der Waals surface area (Å²) in [5.41, 5.74) is 0. The van der Waals surface area contributed by atoms with Gasteiger partial charge in [-0.3, -0.25) is 9.35 Å². The minimum absolute atomic E-state index is 0.259. The molecule has 6 N–H and O–H groups in total. The quantitative estimate of drug-likeness (QED) is 0.0220. The molecule has 1 amide bonds. The maximum atomic E-state index is 13.0. The van der Waals surface area contributed by atoms with Crippen LogP contribution in [0.5, 0.6) is 0 Å². The zero-order chi connectivity index (χ0) is 39.9. The van der Waals surface area contributed by atoms with Crippen LogP contribution in [0.1, 0.15) is 162 Å². The first-order valence-corrected chi connectivity index (χ1v) is 22.2. The highest BCUT2D eigenvalue weighted by Gasteiger charge is 2.48. The third kappa shape index (κ3) is 25.5. The van der Waals surface area contributed by atoms with Crippen molar-refractivity contribution in [2.45, 2.75) is 204 Å². The molecule has 12 nitrogen and oxygen atoms in total. The normalized spacial score (nSPS) is 22.1.